The van der Waals surface area contributed by atoms with Gasteiger partial charge < -0.3 is 35.7 Å². The van der Waals surface area contributed by atoms with Crippen molar-refractivity contribution < 1.29 is 23.6 Å². The van der Waals surface area contributed by atoms with Crippen LogP contribution in [0.1, 0.15) is 99.0 Å². The Balaban J connectivity index is 0.919. The van der Waals surface area contributed by atoms with E-state index in [2.05, 4.69) is 47.0 Å². The summed E-state index contributed by atoms with van der Waals surface area (Å²) in [6.45, 7) is 5.06. The normalized spacial score (nSPS) is 17.5. The molecule has 4 aromatic rings. The van der Waals surface area contributed by atoms with E-state index in [9.17, 15) is 19.2 Å². The molecule has 7 rings (SSSR count). The third kappa shape index (κ3) is 10.3. The van der Waals surface area contributed by atoms with Crippen molar-refractivity contribution >= 4 is 64.6 Å². The van der Waals surface area contributed by atoms with E-state index in [1.807, 2.05) is 12.1 Å². The summed E-state index contributed by atoms with van der Waals surface area (Å²) in [6, 6.07) is 9.84. The first-order valence-corrected chi connectivity index (χ1v) is 23.1. The lowest BCUT2D eigenvalue weighted by atomic mass is 9.65. The Bertz CT molecular complexity index is 2160. The maximum Gasteiger partial charge on any atom is 0.270 e. The molecule has 1 atom stereocenters. The molecule has 3 aromatic heterocycles. The standard InChI is InChI=1S/C44H55FN10O4S2/c1-3-26-60-53-32-7-4-6-31(36(32)45)37-38(33-13-20-48-43(46)51-33)61-41(52-37)28-11-16-44(17-12-28)18-23-55(24-19-44)42(59)29-14-21-54(22-15-29)30-9-10-34(49-27-30)40(58)50-35(8-5-25-56)39(57)47-2/h4,6-7,9-10,13,20,25,27-29,35,53H,3,5,8,11-12,14-19,21-24,26H2,1-2H3,(H,47,57)(H,50,58)(H2,46,48,51). The number of hydrogen-bond acceptors (Lipinski definition) is 13. The van der Waals surface area contributed by atoms with Crippen molar-refractivity contribution in [3.8, 4) is 21.8 Å². The number of likely N-dealkylation sites (tertiary alicyclic amines) is 1. The molecule has 0 bridgehead atoms. The van der Waals surface area contributed by atoms with Gasteiger partial charge >= 0.3 is 0 Å². The predicted octanol–water partition coefficient (Wildman–Crippen LogP) is 6.86. The van der Waals surface area contributed by atoms with E-state index >= 15 is 4.39 Å². The van der Waals surface area contributed by atoms with Gasteiger partial charge in [-0.1, -0.05) is 24.9 Å². The largest absolute Gasteiger partial charge is 0.370 e. The lowest BCUT2D eigenvalue weighted by Gasteiger charge is -2.46. The lowest BCUT2D eigenvalue weighted by Crippen LogP contribution is -2.48. The number of amides is 3. The maximum atomic E-state index is 16.0. The second-order valence-corrected chi connectivity index (χ2v) is 18.2. The Hall–Kier alpha value is -5.16. The first-order valence-electron chi connectivity index (χ1n) is 21.3. The van der Waals surface area contributed by atoms with Crippen molar-refractivity contribution in [2.45, 2.75) is 89.5 Å². The quantitative estimate of drug-likeness (QED) is 0.0553. The molecular formula is C44H55FN10O4S2. The Morgan fingerprint density at radius 2 is 1.79 bits per heavy atom. The number of nitrogen functional groups attached to an aromatic ring is 1. The van der Waals surface area contributed by atoms with Crippen LogP contribution in [0.2, 0.25) is 0 Å². The molecule has 3 amide bonds. The van der Waals surface area contributed by atoms with Gasteiger partial charge in [0.05, 0.1) is 38.8 Å². The van der Waals surface area contributed by atoms with Crippen LogP contribution in [0.25, 0.3) is 21.8 Å². The summed E-state index contributed by atoms with van der Waals surface area (Å²) in [5.41, 5.74) is 9.34. The zero-order valence-electron chi connectivity index (χ0n) is 34.8. The van der Waals surface area contributed by atoms with Crippen LogP contribution in [-0.4, -0.2) is 93.9 Å². The van der Waals surface area contributed by atoms with Crippen molar-refractivity contribution in [2.24, 2.45) is 11.3 Å². The highest BCUT2D eigenvalue weighted by Crippen LogP contribution is 2.51. The third-order valence-electron chi connectivity index (χ3n) is 12.5. The highest BCUT2D eigenvalue weighted by molar-refractivity contribution is 8.00. The number of hydrogen-bond donors (Lipinski definition) is 4. The van der Waals surface area contributed by atoms with Gasteiger partial charge in [0.1, 0.15) is 18.0 Å². The van der Waals surface area contributed by atoms with Crippen LogP contribution in [0.3, 0.4) is 0 Å². The molecule has 324 valence electrons. The van der Waals surface area contributed by atoms with Crippen LogP contribution < -0.4 is 26.0 Å². The molecule has 3 aliphatic rings. The number of rotatable bonds is 15. The minimum atomic E-state index is -0.822. The van der Waals surface area contributed by atoms with Crippen LogP contribution in [0.15, 0.2) is 48.8 Å². The number of likely N-dealkylation sites (N-methyl/N-ethyl adjacent to an activating group) is 1. The number of nitrogens with one attached hydrogen (secondary N) is 3. The number of aldehydes is 1. The van der Waals surface area contributed by atoms with Gasteiger partial charge in [-0.2, -0.15) is 0 Å². The minimum Gasteiger partial charge on any atom is -0.370 e. The molecule has 2 aliphatic heterocycles. The summed E-state index contributed by atoms with van der Waals surface area (Å²) < 4.78 is 19.2. The highest BCUT2D eigenvalue weighted by Gasteiger charge is 2.41. The van der Waals surface area contributed by atoms with Gasteiger partial charge in [0.2, 0.25) is 17.8 Å². The second kappa shape index (κ2) is 20.1. The van der Waals surface area contributed by atoms with Crippen molar-refractivity contribution in [1.29, 1.82) is 0 Å². The number of carbonyl (C=O) groups is 4. The lowest BCUT2D eigenvalue weighted by molar-refractivity contribution is -0.139. The molecular weight excluding hydrogens is 816 g/mol. The Morgan fingerprint density at radius 3 is 2.46 bits per heavy atom. The Labute approximate surface area is 364 Å². The first kappa shape index (κ1) is 43.9. The van der Waals surface area contributed by atoms with E-state index in [4.69, 9.17) is 10.7 Å². The molecule has 5 heterocycles. The fourth-order valence-electron chi connectivity index (χ4n) is 8.83. The summed E-state index contributed by atoms with van der Waals surface area (Å²) in [7, 11) is 1.48. The summed E-state index contributed by atoms with van der Waals surface area (Å²) in [5.74, 6) is 0.312. The smallest absolute Gasteiger partial charge is 0.270 e. The number of nitrogens with two attached hydrogens (primary N) is 1. The van der Waals surface area contributed by atoms with Gasteiger partial charge in [0, 0.05) is 69.0 Å². The molecule has 17 heteroatoms. The fraction of sp³-hybridized carbons (Fsp3) is 0.500. The van der Waals surface area contributed by atoms with E-state index in [0.29, 0.717) is 35.7 Å². The molecule has 1 saturated carbocycles. The van der Waals surface area contributed by atoms with E-state index in [1.54, 1.807) is 48.0 Å². The topological polar surface area (TPSA) is 188 Å². The molecule has 1 unspecified atom stereocenters. The highest BCUT2D eigenvalue weighted by atomic mass is 32.2. The second-order valence-electron chi connectivity index (χ2n) is 16.3. The molecule has 61 heavy (non-hydrogen) atoms. The number of anilines is 3. The number of carbonyl (C=O) groups excluding carboxylic acids is 4. The number of pyridine rings is 1. The molecule has 2 saturated heterocycles. The van der Waals surface area contributed by atoms with Crippen molar-refractivity contribution in [2.75, 3.05) is 54.3 Å². The maximum absolute atomic E-state index is 16.0. The number of thiazole rings is 1. The zero-order valence-corrected chi connectivity index (χ0v) is 36.5. The fourth-order valence-corrected chi connectivity index (χ4v) is 10.7. The van der Waals surface area contributed by atoms with Gasteiger partial charge in [-0.15, -0.1) is 11.3 Å². The van der Waals surface area contributed by atoms with Gasteiger partial charge in [0.15, 0.2) is 5.82 Å². The van der Waals surface area contributed by atoms with Crippen LogP contribution in [0, 0.1) is 17.2 Å². The molecule has 0 radical (unpaired) electrons. The molecule has 3 fully saturated rings. The van der Waals surface area contributed by atoms with Gasteiger partial charge in [-0.05, 0) is 100.0 Å². The molecule has 1 aromatic carbocycles. The molecule has 1 aliphatic carbocycles. The number of nitrogens with zero attached hydrogens (tertiary/aromatic N) is 6. The number of halogens is 1. The van der Waals surface area contributed by atoms with Crippen LogP contribution >= 0.6 is 23.3 Å². The van der Waals surface area contributed by atoms with Crippen molar-refractivity contribution in [3.63, 3.8) is 0 Å². The number of piperidine rings is 2. The molecule has 1 spiro atoms. The summed E-state index contributed by atoms with van der Waals surface area (Å²) >= 11 is 3.06. The van der Waals surface area contributed by atoms with Gasteiger partial charge in [-0.3, -0.25) is 14.4 Å². The average molecular weight is 871 g/mol. The SMILES string of the molecule is CCCSNc1cccc(-c2nc(C3CCC4(CC3)CCN(C(=O)C3CCN(c5ccc(C(=O)NC(CCC=O)C(=O)NC)nc5)CC3)CC4)sc2-c2ccnc(N)n2)c1F. The van der Waals surface area contributed by atoms with Crippen LogP contribution in [0.4, 0.5) is 21.7 Å². The van der Waals surface area contributed by atoms with Crippen molar-refractivity contribution in [1.82, 2.24) is 35.5 Å². The zero-order chi connectivity index (χ0) is 42.9. The number of aromatic nitrogens is 4. The van der Waals surface area contributed by atoms with Crippen LogP contribution in [-0.2, 0) is 14.4 Å². The van der Waals surface area contributed by atoms with E-state index < -0.39 is 11.9 Å². The average Bonchev–Trinajstić information content (AvgIpc) is 3.74. The summed E-state index contributed by atoms with van der Waals surface area (Å²) in [5, 5.41) is 6.17. The Kier molecular flexibility index (Phi) is 14.5. The summed E-state index contributed by atoms with van der Waals surface area (Å²) in [4.78, 5) is 72.7. The van der Waals surface area contributed by atoms with Gasteiger partial charge in [-0.25, -0.2) is 24.3 Å². The number of benzene rings is 1. The van der Waals surface area contributed by atoms with E-state index in [-0.39, 0.29) is 59.4 Å². The van der Waals surface area contributed by atoms with E-state index in [1.165, 1.54) is 19.0 Å². The van der Waals surface area contributed by atoms with Crippen LogP contribution in [0.5, 0.6) is 0 Å². The molecule has 14 nitrogen and oxygen atoms in total. The first-order chi connectivity index (χ1) is 29.6. The van der Waals surface area contributed by atoms with Crippen molar-refractivity contribution in [3.05, 3.63) is 65.3 Å². The molecule has 5 N–H and O–H groups in total. The minimum absolute atomic E-state index is 0.0259. The predicted molar refractivity (Wildman–Crippen MR) is 239 cm³/mol. The van der Waals surface area contributed by atoms with Gasteiger partial charge in [0.25, 0.3) is 5.91 Å². The Morgan fingerprint density at radius 1 is 1.02 bits per heavy atom. The monoisotopic (exact) mass is 870 g/mol. The summed E-state index contributed by atoms with van der Waals surface area (Å²) in [6.07, 6.45) is 12.9. The van der Waals surface area contributed by atoms with E-state index in [0.717, 1.165) is 98.5 Å². The third-order valence-corrected chi connectivity index (χ3v) is 14.7.